The van der Waals surface area contributed by atoms with Gasteiger partial charge in [0.25, 0.3) is 0 Å². The highest BCUT2D eigenvalue weighted by Gasteiger charge is 2.34. The number of benzene rings is 1. The van der Waals surface area contributed by atoms with E-state index in [0.717, 1.165) is 49.1 Å². The summed E-state index contributed by atoms with van der Waals surface area (Å²) in [6.07, 6.45) is 3.64. The second kappa shape index (κ2) is 8.97. The van der Waals surface area contributed by atoms with Crippen molar-refractivity contribution >= 4 is 8.80 Å². The second-order valence-corrected chi connectivity index (χ2v) is 11.9. The van der Waals surface area contributed by atoms with Crippen LogP contribution in [0.4, 0.5) is 17.6 Å². The van der Waals surface area contributed by atoms with Crippen molar-refractivity contribution in [1.82, 2.24) is 0 Å². The van der Waals surface area contributed by atoms with E-state index in [1.165, 1.54) is 43.5 Å². The number of hydrogen-bond acceptors (Lipinski definition) is 1. The van der Waals surface area contributed by atoms with Crippen molar-refractivity contribution in [3.05, 3.63) is 29.6 Å². The smallest absolute Gasteiger partial charge is 0.403 e. The van der Waals surface area contributed by atoms with Crippen LogP contribution in [-0.4, -0.2) is 15.2 Å². The van der Waals surface area contributed by atoms with Gasteiger partial charge in [0.1, 0.15) is 0 Å². The standard InChI is InChI=1S/C21H30F4OSi/c1-2-11-27-12-9-17(10-13-27)15-3-5-16(6-4-15)18-7-8-20(19(22)14-18)26-21(23,24)25/h7-8,14-17,27H,2-6,9-13H2,1H3/t15-,16-,17?,27?. The van der Waals surface area contributed by atoms with Gasteiger partial charge in [-0.25, -0.2) is 4.39 Å². The predicted molar refractivity (Wildman–Crippen MR) is 102 cm³/mol. The molecular weight excluding hydrogens is 372 g/mol. The number of ether oxygens (including phenoxy) is 1. The Labute approximate surface area is 161 Å². The molecule has 1 saturated carbocycles. The maximum Gasteiger partial charge on any atom is 0.573 e. The molecule has 0 aromatic heterocycles. The minimum absolute atomic E-state index is 0.251. The van der Waals surface area contributed by atoms with Gasteiger partial charge in [0, 0.05) is 8.80 Å². The number of halogens is 4. The van der Waals surface area contributed by atoms with Crippen LogP contribution < -0.4 is 4.74 Å². The van der Waals surface area contributed by atoms with Gasteiger partial charge in [-0.15, -0.1) is 13.2 Å². The Balaban J connectivity index is 1.51. The molecular formula is C21H30F4OSi. The van der Waals surface area contributed by atoms with Crippen LogP contribution in [0, 0.1) is 17.7 Å². The lowest BCUT2D eigenvalue weighted by atomic mass is 9.72. The molecule has 152 valence electrons. The first-order valence-corrected chi connectivity index (χ1v) is 12.9. The van der Waals surface area contributed by atoms with E-state index < -0.39 is 26.7 Å². The molecule has 2 aliphatic rings. The monoisotopic (exact) mass is 402 g/mol. The highest BCUT2D eigenvalue weighted by atomic mass is 28.3. The molecule has 0 unspecified atom stereocenters. The molecule has 1 aromatic carbocycles. The minimum atomic E-state index is -4.86. The van der Waals surface area contributed by atoms with E-state index in [4.69, 9.17) is 0 Å². The quantitative estimate of drug-likeness (QED) is 0.379. The summed E-state index contributed by atoms with van der Waals surface area (Å²) in [5, 5.41) is 0. The van der Waals surface area contributed by atoms with Gasteiger partial charge in [-0.05, 0) is 61.1 Å². The molecule has 1 saturated heterocycles. The molecule has 1 aliphatic carbocycles. The SMILES string of the molecule is CCC[SiH]1CCC([C@H]2CC[C@H](c3ccc(OC(F)(F)F)c(F)c3)CC2)CC1. The molecule has 0 radical (unpaired) electrons. The molecule has 0 spiro atoms. The number of alkyl halides is 3. The largest absolute Gasteiger partial charge is 0.573 e. The Morgan fingerprint density at radius 1 is 1.00 bits per heavy atom. The van der Waals surface area contributed by atoms with Crippen LogP contribution >= 0.6 is 0 Å². The maximum absolute atomic E-state index is 14.0. The van der Waals surface area contributed by atoms with Crippen molar-refractivity contribution in [3.63, 3.8) is 0 Å². The highest BCUT2D eigenvalue weighted by molar-refractivity contribution is 6.58. The summed E-state index contributed by atoms with van der Waals surface area (Å²) in [4.78, 5) is 0. The van der Waals surface area contributed by atoms with Crippen LogP contribution in [0.15, 0.2) is 18.2 Å². The zero-order chi connectivity index (χ0) is 19.4. The van der Waals surface area contributed by atoms with E-state index in [-0.39, 0.29) is 5.92 Å². The summed E-state index contributed by atoms with van der Waals surface area (Å²) in [7, 11) is -0.440. The van der Waals surface area contributed by atoms with E-state index >= 15 is 0 Å². The third kappa shape index (κ3) is 5.72. The average Bonchev–Trinajstić information content (AvgIpc) is 2.63. The van der Waals surface area contributed by atoms with Crippen LogP contribution in [0.2, 0.25) is 18.1 Å². The van der Waals surface area contributed by atoms with E-state index in [1.807, 2.05) is 0 Å². The second-order valence-electron chi connectivity index (χ2n) is 8.42. The van der Waals surface area contributed by atoms with Crippen molar-refractivity contribution in [1.29, 1.82) is 0 Å². The van der Waals surface area contributed by atoms with Crippen molar-refractivity contribution < 1.29 is 22.3 Å². The highest BCUT2D eigenvalue weighted by Crippen LogP contribution is 2.44. The summed E-state index contributed by atoms with van der Waals surface area (Å²) >= 11 is 0. The normalized spacial score (nSPS) is 29.5. The predicted octanol–water partition coefficient (Wildman–Crippen LogP) is 7.05. The Bertz CT molecular complexity index is 603. The Kier molecular flexibility index (Phi) is 6.87. The van der Waals surface area contributed by atoms with E-state index in [1.54, 1.807) is 6.07 Å². The molecule has 3 rings (SSSR count). The fourth-order valence-electron chi connectivity index (χ4n) is 5.26. The first kappa shape index (κ1) is 20.7. The van der Waals surface area contributed by atoms with Crippen LogP contribution in [0.25, 0.3) is 0 Å². The van der Waals surface area contributed by atoms with E-state index in [2.05, 4.69) is 11.7 Å². The van der Waals surface area contributed by atoms with Crippen molar-refractivity contribution in [2.24, 2.45) is 11.8 Å². The topological polar surface area (TPSA) is 9.23 Å². The fraction of sp³-hybridized carbons (Fsp3) is 0.714. The Hall–Kier alpha value is -1.04. The summed E-state index contributed by atoms with van der Waals surface area (Å²) < 4.78 is 54.5. The number of hydrogen-bond donors (Lipinski definition) is 0. The first-order chi connectivity index (χ1) is 12.9. The molecule has 27 heavy (non-hydrogen) atoms. The Morgan fingerprint density at radius 3 is 2.19 bits per heavy atom. The molecule has 1 nitrogen and oxygen atoms in total. The molecule has 0 bridgehead atoms. The molecule has 0 atom stereocenters. The third-order valence-corrected chi connectivity index (χ3v) is 10.4. The lowest BCUT2D eigenvalue weighted by Crippen LogP contribution is -2.28. The average molecular weight is 403 g/mol. The molecule has 1 heterocycles. The summed E-state index contributed by atoms with van der Waals surface area (Å²) in [5.41, 5.74) is 0.805. The van der Waals surface area contributed by atoms with Gasteiger partial charge in [-0.2, -0.15) is 0 Å². The van der Waals surface area contributed by atoms with Gasteiger partial charge in [-0.1, -0.05) is 50.4 Å². The molecule has 2 fully saturated rings. The first-order valence-electron chi connectivity index (χ1n) is 10.4. The van der Waals surface area contributed by atoms with E-state index in [9.17, 15) is 17.6 Å². The van der Waals surface area contributed by atoms with Crippen molar-refractivity contribution in [3.8, 4) is 5.75 Å². The zero-order valence-electron chi connectivity index (χ0n) is 16.0. The van der Waals surface area contributed by atoms with Gasteiger partial charge < -0.3 is 4.74 Å². The van der Waals surface area contributed by atoms with Gasteiger partial charge in [0.15, 0.2) is 11.6 Å². The molecule has 0 amide bonds. The van der Waals surface area contributed by atoms with Crippen molar-refractivity contribution in [2.75, 3.05) is 0 Å². The Morgan fingerprint density at radius 2 is 1.63 bits per heavy atom. The third-order valence-electron chi connectivity index (χ3n) is 6.68. The van der Waals surface area contributed by atoms with Gasteiger partial charge >= 0.3 is 6.36 Å². The lowest BCUT2D eigenvalue weighted by Gasteiger charge is -2.37. The molecule has 1 aliphatic heterocycles. The maximum atomic E-state index is 14.0. The van der Waals surface area contributed by atoms with Gasteiger partial charge in [0.05, 0.1) is 0 Å². The summed E-state index contributed by atoms with van der Waals surface area (Å²) in [6, 6.07) is 8.45. The molecule has 6 heteroatoms. The molecule has 0 N–H and O–H groups in total. The fourth-order valence-corrected chi connectivity index (χ4v) is 8.74. The van der Waals surface area contributed by atoms with Crippen molar-refractivity contribution in [2.45, 2.75) is 82.3 Å². The lowest BCUT2D eigenvalue weighted by molar-refractivity contribution is -0.275. The minimum Gasteiger partial charge on any atom is -0.403 e. The van der Waals surface area contributed by atoms with E-state index in [0.29, 0.717) is 0 Å². The number of rotatable bonds is 5. The van der Waals surface area contributed by atoms with Gasteiger partial charge in [-0.3, -0.25) is 0 Å². The van der Waals surface area contributed by atoms with Crippen LogP contribution in [-0.2, 0) is 0 Å². The van der Waals surface area contributed by atoms with Crippen LogP contribution in [0.5, 0.6) is 5.75 Å². The molecule has 1 aromatic rings. The van der Waals surface area contributed by atoms with Crippen LogP contribution in [0.3, 0.4) is 0 Å². The van der Waals surface area contributed by atoms with Gasteiger partial charge in [0.2, 0.25) is 0 Å². The zero-order valence-corrected chi connectivity index (χ0v) is 17.2. The summed E-state index contributed by atoms with van der Waals surface area (Å²) in [5.74, 6) is 0.238. The van der Waals surface area contributed by atoms with Crippen LogP contribution in [0.1, 0.15) is 63.4 Å². The summed E-state index contributed by atoms with van der Waals surface area (Å²) in [6.45, 7) is 2.30.